The summed E-state index contributed by atoms with van der Waals surface area (Å²) in [6.45, 7) is 5.88. The summed E-state index contributed by atoms with van der Waals surface area (Å²) in [6, 6.07) is 8.55. The summed E-state index contributed by atoms with van der Waals surface area (Å²) in [5.41, 5.74) is 6.56. The lowest BCUT2D eigenvalue weighted by Crippen LogP contribution is -2.45. The van der Waals surface area contributed by atoms with Gasteiger partial charge in [-0.2, -0.15) is 0 Å². The van der Waals surface area contributed by atoms with Crippen molar-refractivity contribution in [1.29, 1.82) is 0 Å². The quantitative estimate of drug-likeness (QED) is 0.186. The van der Waals surface area contributed by atoms with Crippen molar-refractivity contribution in [2.45, 2.75) is 38.1 Å². The van der Waals surface area contributed by atoms with Crippen LogP contribution in [0.4, 0.5) is 5.69 Å². The molecule has 4 N–H and O–H groups in total. The van der Waals surface area contributed by atoms with Crippen LogP contribution < -0.4 is 26.0 Å². The number of hydrogen-bond donors (Lipinski definition) is 3. The van der Waals surface area contributed by atoms with Gasteiger partial charge in [0.25, 0.3) is 0 Å². The fourth-order valence-electron chi connectivity index (χ4n) is 4.48. The molecule has 2 fully saturated rings. The molecule has 3 rings (SSSR count). The predicted octanol–water partition coefficient (Wildman–Crippen LogP) is 2.03. The molecule has 2 heterocycles. The van der Waals surface area contributed by atoms with Gasteiger partial charge >= 0.3 is 0 Å². The third-order valence-electron chi connectivity index (χ3n) is 6.36. The van der Waals surface area contributed by atoms with Crippen molar-refractivity contribution in [3.63, 3.8) is 0 Å². The highest BCUT2D eigenvalue weighted by atomic mass is 127. The number of nitrogens with zero attached hydrogens (tertiary/aromatic N) is 3. The highest BCUT2D eigenvalue weighted by molar-refractivity contribution is 14.0. The zero-order chi connectivity index (χ0) is 22.1. The average Bonchev–Trinajstić information content (AvgIpc) is 3.26. The zero-order valence-corrected chi connectivity index (χ0v) is 21.7. The van der Waals surface area contributed by atoms with Gasteiger partial charge in [-0.15, -0.1) is 24.0 Å². The topological polar surface area (TPSA) is 95.2 Å². The molecule has 1 unspecified atom stereocenters. The number of aliphatic imine (C=N–C) groups is 1. The van der Waals surface area contributed by atoms with E-state index in [1.165, 1.54) is 0 Å². The molecule has 0 spiro atoms. The molecule has 2 aliphatic rings. The zero-order valence-electron chi connectivity index (χ0n) is 19.4. The molecular weight excluding hydrogens is 519 g/mol. The number of piperidine rings is 1. The molecule has 180 valence electrons. The SMILES string of the molecule is CN=C(NCCCCN1CCC(C(N)=O)CC1)NC1CCN(c2ccccc2OC)C1.I. The van der Waals surface area contributed by atoms with Gasteiger partial charge in [0.15, 0.2) is 5.96 Å². The summed E-state index contributed by atoms with van der Waals surface area (Å²) in [6.07, 6.45) is 5.10. The normalized spacial score (nSPS) is 20.0. The van der Waals surface area contributed by atoms with Crippen LogP contribution in [0.25, 0.3) is 0 Å². The third-order valence-corrected chi connectivity index (χ3v) is 6.36. The molecule has 2 saturated heterocycles. The van der Waals surface area contributed by atoms with E-state index in [1.807, 2.05) is 19.2 Å². The van der Waals surface area contributed by atoms with Crippen LogP contribution >= 0.6 is 24.0 Å². The molecule has 0 radical (unpaired) electrons. The summed E-state index contributed by atoms with van der Waals surface area (Å²) >= 11 is 0. The lowest BCUT2D eigenvalue weighted by atomic mass is 9.96. The van der Waals surface area contributed by atoms with Gasteiger partial charge in [-0.25, -0.2) is 0 Å². The number of nitrogens with two attached hydrogens (primary N) is 1. The largest absolute Gasteiger partial charge is 0.495 e. The number of rotatable bonds is 9. The van der Waals surface area contributed by atoms with Crippen LogP contribution in [0.5, 0.6) is 5.75 Å². The number of likely N-dealkylation sites (tertiary alicyclic amines) is 1. The number of nitrogens with one attached hydrogen (secondary N) is 2. The Labute approximate surface area is 209 Å². The van der Waals surface area contributed by atoms with Crippen LogP contribution in [0.1, 0.15) is 32.1 Å². The van der Waals surface area contributed by atoms with Crippen molar-refractivity contribution in [3.05, 3.63) is 24.3 Å². The van der Waals surface area contributed by atoms with E-state index in [0.29, 0.717) is 6.04 Å². The number of halogens is 1. The Bertz CT molecular complexity index is 739. The maximum absolute atomic E-state index is 11.3. The smallest absolute Gasteiger partial charge is 0.220 e. The first kappa shape index (κ1) is 26.5. The first-order valence-corrected chi connectivity index (χ1v) is 11.5. The fraction of sp³-hybridized carbons (Fsp3) is 0.652. The third kappa shape index (κ3) is 7.68. The summed E-state index contributed by atoms with van der Waals surface area (Å²) in [5, 5.41) is 7.01. The van der Waals surface area contributed by atoms with Gasteiger partial charge in [0.1, 0.15) is 5.75 Å². The van der Waals surface area contributed by atoms with Gasteiger partial charge in [-0.05, 0) is 63.9 Å². The summed E-state index contributed by atoms with van der Waals surface area (Å²) in [5.74, 6) is 1.72. The minimum Gasteiger partial charge on any atom is -0.495 e. The number of hydrogen-bond acceptors (Lipinski definition) is 5. The number of anilines is 1. The Morgan fingerprint density at radius 3 is 2.62 bits per heavy atom. The predicted molar refractivity (Wildman–Crippen MR) is 141 cm³/mol. The maximum Gasteiger partial charge on any atom is 0.220 e. The number of unbranched alkanes of at least 4 members (excludes halogenated alkanes) is 1. The van der Waals surface area contributed by atoms with Crippen molar-refractivity contribution in [3.8, 4) is 5.75 Å². The summed E-state index contributed by atoms with van der Waals surface area (Å²) < 4.78 is 5.51. The van der Waals surface area contributed by atoms with Crippen LogP contribution in [0, 0.1) is 5.92 Å². The molecule has 0 aliphatic carbocycles. The van der Waals surface area contributed by atoms with E-state index in [0.717, 1.165) is 88.8 Å². The second-order valence-electron chi connectivity index (χ2n) is 8.47. The monoisotopic (exact) mass is 558 g/mol. The second kappa shape index (κ2) is 13.7. The van der Waals surface area contributed by atoms with E-state index < -0.39 is 0 Å². The Morgan fingerprint density at radius 2 is 1.94 bits per heavy atom. The Hall–Kier alpha value is -1.75. The van der Waals surface area contributed by atoms with E-state index in [-0.39, 0.29) is 35.8 Å². The fourth-order valence-corrected chi connectivity index (χ4v) is 4.48. The molecule has 1 amide bonds. The van der Waals surface area contributed by atoms with E-state index in [9.17, 15) is 4.79 Å². The number of carbonyl (C=O) groups excluding carboxylic acids is 1. The number of primary amides is 1. The van der Waals surface area contributed by atoms with Gasteiger partial charge in [-0.1, -0.05) is 12.1 Å². The van der Waals surface area contributed by atoms with Crippen LogP contribution in [-0.4, -0.2) is 76.2 Å². The van der Waals surface area contributed by atoms with Gasteiger partial charge in [-0.3, -0.25) is 9.79 Å². The molecule has 1 atom stereocenters. The lowest BCUT2D eigenvalue weighted by molar-refractivity contribution is -0.123. The highest BCUT2D eigenvalue weighted by Crippen LogP contribution is 2.30. The average molecular weight is 559 g/mol. The Morgan fingerprint density at radius 1 is 1.19 bits per heavy atom. The number of methoxy groups -OCH3 is 1. The molecule has 1 aromatic rings. The van der Waals surface area contributed by atoms with Gasteiger partial charge in [0.2, 0.25) is 5.91 Å². The molecule has 0 saturated carbocycles. The highest BCUT2D eigenvalue weighted by Gasteiger charge is 2.25. The summed E-state index contributed by atoms with van der Waals surface area (Å²) in [4.78, 5) is 20.5. The first-order chi connectivity index (χ1) is 15.1. The van der Waals surface area contributed by atoms with Crippen molar-refractivity contribution < 1.29 is 9.53 Å². The number of para-hydroxylation sites is 2. The van der Waals surface area contributed by atoms with Crippen molar-refractivity contribution >= 4 is 41.5 Å². The molecule has 0 bridgehead atoms. The van der Waals surface area contributed by atoms with Gasteiger partial charge < -0.3 is 30.9 Å². The molecule has 0 aromatic heterocycles. The van der Waals surface area contributed by atoms with Crippen LogP contribution in [0.3, 0.4) is 0 Å². The molecule has 1 aromatic carbocycles. The second-order valence-corrected chi connectivity index (χ2v) is 8.47. The van der Waals surface area contributed by atoms with Crippen molar-refractivity contribution in [1.82, 2.24) is 15.5 Å². The van der Waals surface area contributed by atoms with E-state index in [2.05, 4.69) is 37.6 Å². The van der Waals surface area contributed by atoms with Crippen LogP contribution in [-0.2, 0) is 4.79 Å². The van der Waals surface area contributed by atoms with Gasteiger partial charge in [0.05, 0.1) is 12.8 Å². The minimum atomic E-state index is -0.143. The van der Waals surface area contributed by atoms with Crippen molar-refractivity contribution in [2.24, 2.45) is 16.6 Å². The molecular formula is C23H39IN6O2. The molecule has 2 aliphatic heterocycles. The Balaban J connectivity index is 0.00000363. The lowest BCUT2D eigenvalue weighted by Gasteiger charge is -2.30. The van der Waals surface area contributed by atoms with E-state index >= 15 is 0 Å². The standard InChI is InChI=1S/C23H38N6O2.HI/c1-25-23(26-12-5-6-13-28-14-9-18(10-15-28)22(24)30)27-19-11-16-29(17-19)20-7-3-4-8-21(20)31-2;/h3-4,7-8,18-19H,5-6,9-17H2,1-2H3,(H2,24,30)(H2,25,26,27);1H. The maximum atomic E-state index is 11.3. The molecule has 32 heavy (non-hydrogen) atoms. The van der Waals surface area contributed by atoms with Gasteiger partial charge in [0, 0.05) is 38.6 Å². The van der Waals surface area contributed by atoms with E-state index in [4.69, 9.17) is 10.5 Å². The number of carbonyl (C=O) groups is 1. The molecule has 9 heteroatoms. The summed E-state index contributed by atoms with van der Waals surface area (Å²) in [7, 11) is 3.55. The van der Waals surface area contributed by atoms with Crippen LogP contribution in [0.15, 0.2) is 29.3 Å². The minimum absolute atomic E-state index is 0. The number of ether oxygens (including phenoxy) is 1. The van der Waals surface area contributed by atoms with E-state index in [1.54, 1.807) is 7.11 Å². The number of benzene rings is 1. The molecule has 8 nitrogen and oxygen atoms in total. The number of amides is 1. The van der Waals surface area contributed by atoms with Crippen LogP contribution in [0.2, 0.25) is 0 Å². The number of guanidine groups is 1. The van der Waals surface area contributed by atoms with Crippen molar-refractivity contribution in [2.75, 3.05) is 58.3 Å². The first-order valence-electron chi connectivity index (χ1n) is 11.5. The Kier molecular flexibility index (Phi) is 11.4.